The molecule has 0 atom stereocenters. The third-order valence-corrected chi connectivity index (χ3v) is 4.15. The Morgan fingerprint density at radius 2 is 1.93 bits per heavy atom. The minimum atomic E-state index is -1.72. The summed E-state index contributed by atoms with van der Waals surface area (Å²) in [5.41, 5.74) is 2.53. The average Bonchev–Trinajstić information content (AvgIpc) is 3.29. The van der Waals surface area contributed by atoms with Gasteiger partial charge in [-0.25, -0.2) is 9.50 Å². The van der Waals surface area contributed by atoms with Crippen molar-refractivity contribution in [2.75, 3.05) is 7.11 Å². The molecule has 0 aliphatic heterocycles. The van der Waals surface area contributed by atoms with Gasteiger partial charge in [-0.3, -0.25) is 4.68 Å². The van der Waals surface area contributed by atoms with E-state index in [1.54, 1.807) is 24.2 Å². The molecule has 0 unspecified atom stereocenters. The van der Waals surface area contributed by atoms with Crippen LogP contribution in [0.15, 0.2) is 48.9 Å². The van der Waals surface area contributed by atoms with Crippen molar-refractivity contribution >= 4 is 5.52 Å². The van der Waals surface area contributed by atoms with Gasteiger partial charge in [0.1, 0.15) is 17.0 Å². The molecular weight excluding hydrogens is 350 g/mol. The first-order chi connectivity index (χ1) is 13.0. The molecule has 0 fully saturated rings. The lowest BCUT2D eigenvalue weighted by Gasteiger charge is -2.04. The molecule has 0 saturated carbocycles. The van der Waals surface area contributed by atoms with Crippen LogP contribution in [0.5, 0.6) is 11.6 Å². The van der Waals surface area contributed by atoms with Gasteiger partial charge in [-0.2, -0.15) is 10.2 Å². The Hall–Kier alpha value is -3.43. The first kappa shape index (κ1) is 17.0. The number of benzene rings is 1. The van der Waals surface area contributed by atoms with Crippen molar-refractivity contribution in [2.24, 2.45) is 0 Å². The zero-order valence-corrected chi connectivity index (χ0v) is 14.4. The summed E-state index contributed by atoms with van der Waals surface area (Å²) >= 11 is 0. The number of aliphatic hydroxyl groups is 2. The number of aliphatic hydroxyl groups excluding tert-OH is 1. The monoisotopic (exact) mass is 367 g/mol. The first-order valence-electron chi connectivity index (χ1n) is 8.14. The molecule has 1 aromatic carbocycles. The highest BCUT2D eigenvalue weighted by Crippen LogP contribution is 2.25. The lowest BCUT2D eigenvalue weighted by Crippen LogP contribution is -1.99. The van der Waals surface area contributed by atoms with Crippen molar-refractivity contribution in [1.82, 2.24) is 24.4 Å². The number of hydrogen-bond donors (Lipinski definition) is 3. The van der Waals surface area contributed by atoms with Gasteiger partial charge in [-0.05, 0) is 23.8 Å². The summed E-state index contributed by atoms with van der Waals surface area (Å²) in [6.45, 7) is 0.570. The molecule has 4 rings (SSSR count). The number of nitrogens with zero attached hydrogens (tertiary/aromatic N) is 5. The molecule has 27 heavy (non-hydrogen) atoms. The Kier molecular flexibility index (Phi) is 4.22. The Labute approximate surface area is 153 Å². The fourth-order valence-corrected chi connectivity index (χ4v) is 2.76. The summed E-state index contributed by atoms with van der Waals surface area (Å²) in [7, 11) is 1.62. The van der Waals surface area contributed by atoms with E-state index in [0.29, 0.717) is 17.8 Å². The predicted molar refractivity (Wildman–Crippen MR) is 95.1 cm³/mol. The maximum atomic E-state index is 10.1. The van der Waals surface area contributed by atoms with Crippen LogP contribution >= 0.6 is 0 Å². The SMILES string of the molecule is COc1ccc(Cn2cc(-c3cn4nc(C(O)O)cc4c(O)n3)cn2)cc1. The Morgan fingerprint density at radius 3 is 2.63 bits per heavy atom. The topological polar surface area (TPSA) is 118 Å². The van der Waals surface area contributed by atoms with Crippen LogP contribution in [0.4, 0.5) is 0 Å². The molecule has 0 aliphatic carbocycles. The summed E-state index contributed by atoms with van der Waals surface area (Å²) in [6.07, 6.45) is 3.32. The maximum absolute atomic E-state index is 10.1. The molecule has 0 amide bonds. The molecule has 0 bridgehead atoms. The van der Waals surface area contributed by atoms with Gasteiger partial charge in [0.05, 0.1) is 31.7 Å². The second kappa shape index (κ2) is 6.71. The molecule has 0 aliphatic rings. The zero-order valence-electron chi connectivity index (χ0n) is 14.4. The minimum Gasteiger partial charge on any atom is -0.497 e. The highest BCUT2D eigenvalue weighted by Gasteiger charge is 2.14. The second-order valence-corrected chi connectivity index (χ2v) is 6.00. The third-order valence-electron chi connectivity index (χ3n) is 4.15. The van der Waals surface area contributed by atoms with E-state index >= 15 is 0 Å². The van der Waals surface area contributed by atoms with Crippen LogP contribution in [0.3, 0.4) is 0 Å². The quantitative estimate of drug-likeness (QED) is 0.456. The molecule has 138 valence electrons. The van der Waals surface area contributed by atoms with Crippen molar-refractivity contribution in [1.29, 1.82) is 0 Å². The molecule has 3 heterocycles. The van der Waals surface area contributed by atoms with Crippen molar-refractivity contribution in [3.8, 4) is 22.9 Å². The van der Waals surface area contributed by atoms with E-state index in [1.807, 2.05) is 30.5 Å². The van der Waals surface area contributed by atoms with Crippen LogP contribution in [0, 0.1) is 0 Å². The number of ether oxygens (including phenoxy) is 1. The number of aromatic hydroxyl groups is 1. The molecule has 0 spiro atoms. The third kappa shape index (κ3) is 3.33. The van der Waals surface area contributed by atoms with Gasteiger partial charge in [0.25, 0.3) is 0 Å². The first-order valence-corrected chi connectivity index (χ1v) is 8.14. The second-order valence-electron chi connectivity index (χ2n) is 6.00. The zero-order chi connectivity index (χ0) is 19.0. The van der Waals surface area contributed by atoms with Crippen LogP contribution in [-0.2, 0) is 6.54 Å². The predicted octanol–water partition coefficient (Wildman–Crippen LogP) is 1.34. The van der Waals surface area contributed by atoms with Gasteiger partial charge in [0.2, 0.25) is 5.88 Å². The van der Waals surface area contributed by atoms with Crippen molar-refractivity contribution in [2.45, 2.75) is 12.8 Å². The van der Waals surface area contributed by atoms with Gasteiger partial charge < -0.3 is 20.1 Å². The fourth-order valence-electron chi connectivity index (χ4n) is 2.76. The lowest BCUT2D eigenvalue weighted by atomic mass is 10.2. The van der Waals surface area contributed by atoms with Crippen LogP contribution in [0.2, 0.25) is 0 Å². The minimum absolute atomic E-state index is 0.0273. The molecule has 3 N–H and O–H groups in total. The lowest BCUT2D eigenvalue weighted by molar-refractivity contribution is -0.0459. The van der Waals surface area contributed by atoms with Gasteiger partial charge in [-0.15, -0.1) is 0 Å². The Morgan fingerprint density at radius 1 is 1.15 bits per heavy atom. The molecule has 0 saturated heterocycles. The molecule has 4 aromatic rings. The van der Waals surface area contributed by atoms with E-state index in [4.69, 9.17) is 4.74 Å². The summed E-state index contributed by atoms with van der Waals surface area (Å²) < 4.78 is 8.26. The molecule has 3 aromatic heterocycles. The summed E-state index contributed by atoms with van der Waals surface area (Å²) in [5.74, 6) is 0.536. The maximum Gasteiger partial charge on any atom is 0.238 e. The van der Waals surface area contributed by atoms with E-state index in [9.17, 15) is 15.3 Å². The summed E-state index contributed by atoms with van der Waals surface area (Å²) in [5, 5.41) is 37.0. The Bertz CT molecular complexity index is 1090. The number of fused-ring (bicyclic) bond motifs is 1. The molecular formula is C18H17N5O4. The van der Waals surface area contributed by atoms with Crippen molar-refractivity contribution in [3.63, 3.8) is 0 Å². The van der Waals surface area contributed by atoms with Crippen LogP contribution in [-0.4, -0.2) is 46.8 Å². The van der Waals surface area contributed by atoms with E-state index in [0.717, 1.165) is 11.3 Å². The van der Waals surface area contributed by atoms with Crippen molar-refractivity contribution in [3.05, 3.63) is 60.2 Å². The molecule has 0 radical (unpaired) electrons. The standard InChI is InChI=1S/C18H17N5O4/c1-27-13-4-2-11(3-5-13)8-22-9-12(7-19-22)15-10-23-16(17(24)20-15)6-14(21-23)18(25)26/h2-7,9-10,18,25-26H,8H2,1H3,(H,20,24). The van der Waals surface area contributed by atoms with Crippen LogP contribution in [0.1, 0.15) is 17.5 Å². The summed E-state index contributed by atoms with van der Waals surface area (Å²) in [6, 6.07) is 9.06. The van der Waals surface area contributed by atoms with Gasteiger partial charge in [0.15, 0.2) is 6.29 Å². The van der Waals surface area contributed by atoms with Gasteiger partial charge >= 0.3 is 0 Å². The van der Waals surface area contributed by atoms with E-state index in [1.165, 1.54) is 10.6 Å². The van der Waals surface area contributed by atoms with E-state index < -0.39 is 6.29 Å². The number of aromatic nitrogens is 5. The van der Waals surface area contributed by atoms with Crippen LogP contribution in [0.25, 0.3) is 16.8 Å². The van der Waals surface area contributed by atoms with Crippen molar-refractivity contribution < 1.29 is 20.1 Å². The van der Waals surface area contributed by atoms with Gasteiger partial charge in [-0.1, -0.05) is 12.1 Å². The number of methoxy groups -OCH3 is 1. The highest BCUT2D eigenvalue weighted by atomic mass is 16.5. The fraction of sp³-hybridized carbons (Fsp3) is 0.167. The number of rotatable bonds is 5. The van der Waals surface area contributed by atoms with Gasteiger partial charge in [0, 0.05) is 11.8 Å². The Balaban J connectivity index is 1.62. The van der Waals surface area contributed by atoms with Crippen LogP contribution < -0.4 is 4.74 Å². The highest BCUT2D eigenvalue weighted by molar-refractivity contribution is 5.64. The molecule has 9 nitrogen and oxygen atoms in total. The normalized spacial score (nSPS) is 11.4. The smallest absolute Gasteiger partial charge is 0.238 e. The summed E-state index contributed by atoms with van der Waals surface area (Å²) in [4.78, 5) is 4.15. The van der Waals surface area contributed by atoms with E-state index in [-0.39, 0.29) is 17.1 Å². The van der Waals surface area contributed by atoms with E-state index in [2.05, 4.69) is 15.2 Å². The largest absolute Gasteiger partial charge is 0.497 e. The molecule has 9 heteroatoms. The number of hydrogen-bond acceptors (Lipinski definition) is 7. The average molecular weight is 367 g/mol.